The van der Waals surface area contributed by atoms with Gasteiger partial charge < -0.3 is 14.7 Å². The van der Waals surface area contributed by atoms with E-state index in [-0.39, 0.29) is 12.2 Å². The van der Waals surface area contributed by atoms with Crippen molar-refractivity contribution in [1.82, 2.24) is 0 Å². The molecule has 0 radical (unpaired) electrons. The Balaban J connectivity index is 4.06. The van der Waals surface area contributed by atoms with Crippen molar-refractivity contribution in [2.24, 2.45) is 0 Å². The molecule has 3 N–H and O–H groups in total. The van der Waals surface area contributed by atoms with Gasteiger partial charge in [-0.1, -0.05) is 6.08 Å². The van der Waals surface area contributed by atoms with E-state index in [0.717, 1.165) is 0 Å². The van der Waals surface area contributed by atoms with Gasteiger partial charge in [0.15, 0.2) is 5.78 Å². The number of ketones is 1. The van der Waals surface area contributed by atoms with Gasteiger partial charge in [0.25, 0.3) is 0 Å². The van der Waals surface area contributed by atoms with E-state index in [9.17, 15) is 13.9 Å². The Morgan fingerprint density at radius 1 is 1.31 bits per heavy atom. The van der Waals surface area contributed by atoms with Gasteiger partial charge in [-0.3, -0.25) is 9.32 Å². The van der Waals surface area contributed by atoms with E-state index < -0.39 is 22.3 Å². The Morgan fingerprint density at radius 2 is 1.88 bits per heavy atom. The fraction of sp³-hybridized carbons (Fsp3) is 0.500. The van der Waals surface area contributed by atoms with Crippen LogP contribution in [-0.4, -0.2) is 27.1 Å². The lowest BCUT2D eigenvalue weighted by Crippen LogP contribution is -2.01. The summed E-state index contributed by atoms with van der Waals surface area (Å²) in [6.45, 7) is 1.14. The van der Waals surface area contributed by atoms with Crippen molar-refractivity contribution in [2.45, 2.75) is 13.3 Å². The van der Waals surface area contributed by atoms with E-state index in [1.54, 1.807) is 6.92 Å². The second kappa shape index (κ2) is 6.42. The first-order valence-corrected chi connectivity index (χ1v) is 7.08. The lowest BCUT2D eigenvalue weighted by atomic mass is 10.3. The van der Waals surface area contributed by atoms with Gasteiger partial charge in [-0.2, -0.15) is 4.31 Å². The summed E-state index contributed by atoms with van der Waals surface area (Å²) < 4.78 is 28.7. The van der Waals surface area contributed by atoms with Crippen LogP contribution in [0.1, 0.15) is 13.3 Å². The van der Waals surface area contributed by atoms with Crippen LogP contribution in [0.3, 0.4) is 0 Å². The maximum atomic E-state index is 10.9. The minimum atomic E-state index is -5.10. The number of phosphoric acid groups is 2. The molecule has 0 aromatic rings. The number of rotatable bonds is 7. The van der Waals surface area contributed by atoms with Crippen LogP contribution >= 0.6 is 15.6 Å². The predicted octanol–water partition coefficient (Wildman–Crippen LogP) is 0.748. The van der Waals surface area contributed by atoms with Crippen LogP contribution in [0.2, 0.25) is 0 Å². The van der Waals surface area contributed by atoms with Gasteiger partial charge in [-0.25, -0.2) is 9.13 Å². The van der Waals surface area contributed by atoms with Crippen LogP contribution in [0.4, 0.5) is 0 Å². The molecule has 0 aliphatic heterocycles. The molecule has 0 rings (SSSR count). The van der Waals surface area contributed by atoms with Gasteiger partial charge in [-0.15, -0.1) is 0 Å². The molecule has 8 nitrogen and oxygen atoms in total. The zero-order chi connectivity index (χ0) is 12.8. The molecule has 10 heteroatoms. The Labute approximate surface area is 91.7 Å². The predicted molar refractivity (Wildman–Crippen MR) is 53.3 cm³/mol. The summed E-state index contributed by atoms with van der Waals surface area (Å²) >= 11 is 0. The molecule has 1 atom stereocenters. The average molecular weight is 274 g/mol. The summed E-state index contributed by atoms with van der Waals surface area (Å²) in [4.78, 5) is 36.2. The van der Waals surface area contributed by atoms with Crippen LogP contribution < -0.4 is 0 Å². The second-order valence-corrected chi connectivity index (χ2v) is 5.42. The van der Waals surface area contributed by atoms with Crippen molar-refractivity contribution >= 4 is 21.4 Å². The normalized spacial score (nSPS) is 16.2. The monoisotopic (exact) mass is 274 g/mol. The fourth-order valence-electron chi connectivity index (χ4n) is 0.689. The zero-order valence-electron chi connectivity index (χ0n) is 8.35. The number of carbonyl (C=O) groups excluding carboxylic acids is 1. The van der Waals surface area contributed by atoms with Gasteiger partial charge >= 0.3 is 15.6 Å². The lowest BCUT2D eigenvalue weighted by molar-refractivity contribution is -0.115. The molecule has 0 fully saturated rings. The fourth-order valence-corrected chi connectivity index (χ4v) is 2.27. The van der Waals surface area contributed by atoms with Crippen molar-refractivity contribution in [1.29, 1.82) is 0 Å². The molecule has 0 aliphatic carbocycles. The summed E-state index contributed by atoms with van der Waals surface area (Å²) in [7, 11) is -9.93. The van der Waals surface area contributed by atoms with Crippen molar-refractivity contribution < 1.29 is 37.4 Å². The van der Waals surface area contributed by atoms with Crippen molar-refractivity contribution in [3.05, 3.63) is 12.2 Å². The molecule has 0 aromatic heterocycles. The van der Waals surface area contributed by atoms with E-state index in [1.807, 2.05) is 0 Å². The van der Waals surface area contributed by atoms with Crippen LogP contribution in [0.15, 0.2) is 12.2 Å². The zero-order valence-corrected chi connectivity index (χ0v) is 10.1. The van der Waals surface area contributed by atoms with Crippen LogP contribution in [0.25, 0.3) is 0 Å². The van der Waals surface area contributed by atoms with E-state index in [4.69, 9.17) is 14.7 Å². The Morgan fingerprint density at radius 3 is 2.31 bits per heavy atom. The summed E-state index contributed by atoms with van der Waals surface area (Å²) in [5.74, 6) is -0.348. The minimum absolute atomic E-state index is 0.195. The first kappa shape index (κ1) is 15.7. The minimum Gasteiger partial charge on any atom is -0.302 e. The van der Waals surface area contributed by atoms with E-state index in [1.165, 1.54) is 12.2 Å². The molecule has 0 bridgehead atoms. The number of carbonyl (C=O) groups is 1. The van der Waals surface area contributed by atoms with Gasteiger partial charge in [-0.05, 0) is 13.0 Å². The summed E-state index contributed by atoms with van der Waals surface area (Å²) in [5.41, 5.74) is 0. The second-order valence-electron chi connectivity index (χ2n) is 2.59. The molecule has 0 aromatic carbocycles. The maximum Gasteiger partial charge on any atom is 0.481 e. The van der Waals surface area contributed by atoms with E-state index in [0.29, 0.717) is 0 Å². The molecule has 0 heterocycles. The van der Waals surface area contributed by atoms with Gasteiger partial charge in [0.05, 0.1) is 6.61 Å². The van der Waals surface area contributed by atoms with E-state index in [2.05, 4.69) is 8.83 Å². The van der Waals surface area contributed by atoms with Gasteiger partial charge in [0.1, 0.15) is 0 Å². The molecule has 1 unspecified atom stereocenters. The van der Waals surface area contributed by atoms with Crippen LogP contribution in [-0.2, 0) is 22.8 Å². The number of hydrogen-bond donors (Lipinski definition) is 3. The first-order valence-electron chi connectivity index (χ1n) is 4.06. The van der Waals surface area contributed by atoms with Gasteiger partial charge in [0.2, 0.25) is 0 Å². The standard InChI is InChI=1S/C6H12O8P2/c1-2-3-6(7)4-5-13-16(11,12)14-15(8,9)10/h2-3H,4-5H2,1H3,(H,11,12)(H2,8,9,10)/b3-2+. The first-order chi connectivity index (χ1) is 7.16. The highest BCUT2D eigenvalue weighted by Crippen LogP contribution is 2.57. The number of hydrogen-bond acceptors (Lipinski definition) is 5. The third-order valence-electron chi connectivity index (χ3n) is 1.16. The summed E-state index contributed by atoms with van der Waals surface area (Å²) in [6.07, 6.45) is 2.52. The van der Waals surface area contributed by atoms with Crippen LogP contribution in [0.5, 0.6) is 0 Å². The van der Waals surface area contributed by atoms with Crippen molar-refractivity contribution in [2.75, 3.05) is 6.61 Å². The Hall–Kier alpha value is -0.330. The molecule has 0 aliphatic rings. The lowest BCUT2D eigenvalue weighted by Gasteiger charge is -2.11. The molecule has 16 heavy (non-hydrogen) atoms. The quantitative estimate of drug-likeness (QED) is 0.457. The largest absolute Gasteiger partial charge is 0.481 e. The van der Waals surface area contributed by atoms with Gasteiger partial charge in [0, 0.05) is 6.42 Å². The molecule has 94 valence electrons. The highest BCUT2D eigenvalue weighted by atomic mass is 31.3. The Bertz CT molecular complexity index is 356. The molecule has 0 saturated carbocycles. The van der Waals surface area contributed by atoms with Crippen molar-refractivity contribution in [3.63, 3.8) is 0 Å². The third-order valence-corrected chi connectivity index (χ3v) is 3.35. The Kier molecular flexibility index (Phi) is 6.28. The molecule has 0 spiro atoms. The third kappa shape index (κ3) is 8.94. The van der Waals surface area contributed by atoms with Crippen LogP contribution in [0, 0.1) is 0 Å². The maximum absolute atomic E-state index is 10.9. The SMILES string of the molecule is C/C=C/C(=O)CCOP(=O)(O)OP(=O)(O)O. The van der Waals surface area contributed by atoms with E-state index >= 15 is 0 Å². The smallest absolute Gasteiger partial charge is 0.302 e. The number of allylic oxidation sites excluding steroid dienone is 2. The molecular formula is C6H12O8P2. The highest BCUT2D eigenvalue weighted by molar-refractivity contribution is 7.60. The highest BCUT2D eigenvalue weighted by Gasteiger charge is 2.32. The summed E-state index contributed by atoms with van der Waals surface area (Å²) in [6, 6.07) is 0. The molecular weight excluding hydrogens is 262 g/mol. The average Bonchev–Trinajstić information content (AvgIpc) is 1.98. The number of phosphoric ester groups is 1. The topological polar surface area (TPSA) is 130 Å². The molecule has 0 saturated heterocycles. The molecule has 0 amide bonds. The van der Waals surface area contributed by atoms with Crippen molar-refractivity contribution in [3.8, 4) is 0 Å². The summed E-state index contributed by atoms with van der Waals surface area (Å²) in [5, 5.41) is 0.